The SMILES string of the molecule is COCCOC(=O)N1C(=O)[C@@]2(c3cc(C#CCn4nnc5ccccc54)ccc31)[C@H](c1ccccc1OCCO)N1[C@H](c3ccccc3)[C@H](c3ccccc3)OC(=O)[C@H]1[C@@H]2C(=O)Nc1nc2ccccc2s1. The van der Waals surface area contributed by atoms with Crippen LogP contribution in [0.1, 0.15) is 46.0 Å². The quantitative estimate of drug-likeness (QED) is 0.0695. The highest BCUT2D eigenvalue weighted by molar-refractivity contribution is 7.22. The van der Waals surface area contributed by atoms with Gasteiger partial charge in [0, 0.05) is 18.2 Å². The number of methoxy groups -OCH3 is 1. The zero-order valence-corrected chi connectivity index (χ0v) is 39.5. The van der Waals surface area contributed by atoms with E-state index in [1.807, 2.05) is 114 Å². The lowest BCUT2D eigenvalue weighted by molar-refractivity contribution is -0.177. The average molecular weight is 980 g/mol. The van der Waals surface area contributed by atoms with E-state index in [0.717, 1.165) is 15.1 Å². The fourth-order valence-corrected chi connectivity index (χ4v) is 11.4. The Morgan fingerprint density at radius 1 is 0.819 bits per heavy atom. The second-order valence-electron chi connectivity index (χ2n) is 17.4. The molecule has 5 heterocycles. The summed E-state index contributed by atoms with van der Waals surface area (Å²) in [6, 6.07) is 42.1. The molecule has 8 aromatic rings. The van der Waals surface area contributed by atoms with Crippen LogP contribution in [0.2, 0.25) is 0 Å². The van der Waals surface area contributed by atoms with Gasteiger partial charge in [-0.2, -0.15) is 0 Å². The lowest BCUT2D eigenvalue weighted by atomic mass is 9.65. The van der Waals surface area contributed by atoms with Crippen molar-refractivity contribution < 1.29 is 43.2 Å². The number of anilines is 2. The van der Waals surface area contributed by atoms with Crippen molar-refractivity contribution in [3.63, 3.8) is 0 Å². The lowest BCUT2D eigenvalue weighted by Crippen LogP contribution is -2.54. The zero-order valence-electron chi connectivity index (χ0n) is 38.7. The molecule has 6 atom stereocenters. The summed E-state index contributed by atoms with van der Waals surface area (Å²) in [4.78, 5) is 70.5. The number of thiazole rings is 1. The fourth-order valence-electron chi connectivity index (χ4n) is 10.6. The number of cyclic esters (lactones) is 1. The number of esters is 1. The molecule has 3 aliphatic rings. The van der Waals surface area contributed by atoms with E-state index in [0.29, 0.717) is 33.3 Å². The standard InChI is InChI=1S/C55H45N7O9S/c1-68-31-32-70-54(67)61-41-27-26-34(15-14-28-60-42-23-11-9-21-39(42)58-59-60)33-38(41)55(52(61)66)45(50(64)57-53-56-40-22-10-13-25-44(40)72-53)47-51(65)71-48(36-18-6-3-7-19-36)46(35-16-4-2-5-17-35)62(47)49(55)37-20-8-12-24-43(37)69-30-29-63/h2-13,16-27,33,45-49,63H,28-32H2,1H3,(H,56,57,64)/t45-,46-,47-,48+,49+,55-/m1/s1. The molecule has 2 fully saturated rings. The first-order valence-corrected chi connectivity index (χ1v) is 24.1. The molecule has 11 rings (SSSR count). The second-order valence-corrected chi connectivity index (χ2v) is 18.4. The van der Waals surface area contributed by atoms with Gasteiger partial charge in [-0.1, -0.05) is 132 Å². The number of hydrogen-bond donors (Lipinski definition) is 2. The van der Waals surface area contributed by atoms with Crippen molar-refractivity contribution in [1.82, 2.24) is 24.9 Å². The maximum Gasteiger partial charge on any atom is 0.421 e. The number of carbonyl (C=O) groups is 4. The van der Waals surface area contributed by atoms with Crippen LogP contribution in [0.5, 0.6) is 5.75 Å². The number of nitrogens with zero attached hydrogens (tertiary/aromatic N) is 6. The smallest absolute Gasteiger partial charge is 0.421 e. The number of nitrogens with one attached hydrogen (secondary N) is 1. The van der Waals surface area contributed by atoms with Gasteiger partial charge in [-0.3, -0.25) is 19.3 Å². The van der Waals surface area contributed by atoms with Gasteiger partial charge in [0.05, 0.1) is 52.6 Å². The highest BCUT2D eigenvalue weighted by atomic mass is 32.1. The summed E-state index contributed by atoms with van der Waals surface area (Å²) in [6.45, 7) is -0.461. The number of ether oxygens (including phenoxy) is 4. The predicted octanol–water partition coefficient (Wildman–Crippen LogP) is 7.55. The van der Waals surface area contributed by atoms with Crippen LogP contribution in [0, 0.1) is 17.8 Å². The number of morpholine rings is 1. The van der Waals surface area contributed by atoms with E-state index >= 15 is 14.4 Å². The van der Waals surface area contributed by atoms with E-state index in [2.05, 4.69) is 27.5 Å². The van der Waals surface area contributed by atoms with Gasteiger partial charge in [-0.25, -0.2) is 19.4 Å². The van der Waals surface area contributed by atoms with Crippen LogP contribution in [-0.2, 0) is 40.6 Å². The molecule has 3 aliphatic heterocycles. The summed E-state index contributed by atoms with van der Waals surface area (Å²) < 4.78 is 26.4. The van der Waals surface area contributed by atoms with Crippen molar-refractivity contribution >= 4 is 67.3 Å². The van der Waals surface area contributed by atoms with Gasteiger partial charge in [0.2, 0.25) is 11.8 Å². The minimum absolute atomic E-state index is 0.0358. The van der Waals surface area contributed by atoms with Crippen LogP contribution < -0.4 is 15.0 Å². The maximum atomic E-state index is 16.6. The van der Waals surface area contributed by atoms with E-state index in [1.165, 1.54) is 18.4 Å². The van der Waals surface area contributed by atoms with Gasteiger partial charge in [0.1, 0.15) is 48.6 Å². The second kappa shape index (κ2) is 19.5. The van der Waals surface area contributed by atoms with Crippen LogP contribution in [0.15, 0.2) is 152 Å². The van der Waals surface area contributed by atoms with Crippen molar-refractivity contribution in [2.75, 3.05) is 43.8 Å². The Bertz CT molecular complexity index is 3400. The molecular formula is C55H45N7O9S. The van der Waals surface area contributed by atoms with Gasteiger partial charge in [-0.05, 0) is 65.2 Å². The Morgan fingerprint density at radius 3 is 2.32 bits per heavy atom. The number of aromatic nitrogens is 4. The fraction of sp³-hybridized carbons (Fsp3) is 0.218. The maximum absolute atomic E-state index is 16.6. The van der Waals surface area contributed by atoms with Crippen molar-refractivity contribution in [1.29, 1.82) is 0 Å². The summed E-state index contributed by atoms with van der Waals surface area (Å²) >= 11 is 1.24. The number of imide groups is 1. The Hall–Kier alpha value is -8.27. The van der Waals surface area contributed by atoms with Gasteiger partial charge in [0.15, 0.2) is 5.13 Å². The number of benzene rings is 6. The van der Waals surface area contributed by atoms with Crippen molar-refractivity contribution in [2.24, 2.45) is 5.92 Å². The van der Waals surface area contributed by atoms with E-state index < -0.39 is 59.4 Å². The monoisotopic (exact) mass is 979 g/mol. The van der Waals surface area contributed by atoms with E-state index in [-0.39, 0.29) is 55.1 Å². The molecule has 2 aromatic heterocycles. The first-order valence-electron chi connectivity index (χ1n) is 23.3. The molecule has 17 heteroatoms. The van der Waals surface area contributed by atoms with Crippen molar-refractivity contribution in [3.8, 4) is 17.6 Å². The molecule has 360 valence electrons. The third-order valence-corrected chi connectivity index (χ3v) is 14.4. The molecule has 16 nitrogen and oxygen atoms in total. The largest absolute Gasteiger partial charge is 0.491 e. The number of hydrogen-bond acceptors (Lipinski definition) is 14. The molecule has 1 spiro atoms. The summed E-state index contributed by atoms with van der Waals surface area (Å²) in [5, 5.41) is 22.0. The molecule has 3 amide bonds. The van der Waals surface area contributed by atoms with Gasteiger partial charge < -0.3 is 29.4 Å². The normalized spacial score (nSPS) is 21.2. The molecule has 6 aromatic carbocycles. The molecular weight excluding hydrogens is 935 g/mol. The first-order chi connectivity index (χ1) is 35.3. The van der Waals surface area contributed by atoms with Gasteiger partial charge in [-0.15, -0.1) is 5.10 Å². The molecule has 0 saturated carbocycles. The highest BCUT2D eigenvalue weighted by Crippen LogP contribution is 2.67. The van der Waals surface area contributed by atoms with Crippen LogP contribution in [0.4, 0.5) is 15.6 Å². The van der Waals surface area contributed by atoms with Crippen LogP contribution >= 0.6 is 11.3 Å². The van der Waals surface area contributed by atoms with Gasteiger partial charge >= 0.3 is 12.1 Å². The third kappa shape index (κ3) is 7.90. The first kappa shape index (κ1) is 46.1. The van der Waals surface area contributed by atoms with Crippen LogP contribution in [0.3, 0.4) is 0 Å². The number of carbonyl (C=O) groups excluding carboxylic acids is 4. The highest BCUT2D eigenvalue weighted by Gasteiger charge is 2.76. The number of aliphatic hydroxyl groups is 1. The number of para-hydroxylation sites is 3. The van der Waals surface area contributed by atoms with Crippen LogP contribution in [-0.4, -0.2) is 93.4 Å². The molecule has 2 N–H and O–H groups in total. The zero-order chi connectivity index (χ0) is 49.3. The number of fused-ring (bicyclic) bond motifs is 5. The topological polar surface area (TPSA) is 188 Å². The predicted molar refractivity (Wildman–Crippen MR) is 267 cm³/mol. The Balaban J connectivity index is 1.19. The number of amides is 3. The van der Waals surface area contributed by atoms with Gasteiger partial charge in [0.25, 0.3) is 0 Å². The minimum atomic E-state index is -2.16. The molecule has 0 unspecified atom stereocenters. The van der Waals surface area contributed by atoms with E-state index in [4.69, 9.17) is 23.9 Å². The lowest BCUT2D eigenvalue weighted by Gasteiger charge is -2.46. The third-order valence-electron chi connectivity index (χ3n) is 13.4. The molecule has 72 heavy (non-hydrogen) atoms. The number of aliphatic hydroxyl groups excluding tert-OH is 1. The van der Waals surface area contributed by atoms with Crippen molar-refractivity contribution in [3.05, 3.63) is 179 Å². The molecule has 2 saturated heterocycles. The van der Waals surface area contributed by atoms with Crippen LogP contribution in [0.25, 0.3) is 21.3 Å². The Labute approximate surface area is 416 Å². The molecule has 0 radical (unpaired) electrons. The van der Waals surface area contributed by atoms with E-state index in [9.17, 15) is 9.90 Å². The summed E-state index contributed by atoms with van der Waals surface area (Å²) in [7, 11) is 1.46. The summed E-state index contributed by atoms with van der Waals surface area (Å²) in [6.07, 6.45) is -1.99. The van der Waals surface area contributed by atoms with Crippen molar-refractivity contribution in [2.45, 2.75) is 36.2 Å². The Morgan fingerprint density at radius 2 is 1.54 bits per heavy atom. The van der Waals surface area contributed by atoms with E-state index in [1.54, 1.807) is 47.1 Å². The average Bonchev–Trinajstić information content (AvgIpc) is 4.16. The summed E-state index contributed by atoms with van der Waals surface area (Å²) in [5.74, 6) is 2.74. The molecule has 0 bridgehead atoms. The molecule has 0 aliphatic carbocycles. The Kier molecular flexibility index (Phi) is 12.5. The summed E-state index contributed by atoms with van der Waals surface area (Å²) in [5.41, 5.74) is 2.53. The minimum Gasteiger partial charge on any atom is -0.491 e. The number of rotatable bonds is 12.